The van der Waals surface area contributed by atoms with Crippen LogP contribution in [0.2, 0.25) is 0 Å². The summed E-state index contributed by atoms with van der Waals surface area (Å²) >= 11 is 0. The predicted octanol–water partition coefficient (Wildman–Crippen LogP) is 3.60. The molecule has 0 unspecified atom stereocenters. The zero-order valence-corrected chi connectivity index (χ0v) is 11.5. The zero-order chi connectivity index (χ0) is 13.1. The molecule has 1 aliphatic rings. The smallest absolute Gasteiger partial charge is 0.410 e. The Morgan fingerprint density at radius 3 is 2.71 bits per heavy atom. The molecule has 0 bridgehead atoms. The number of hydrogen-bond donors (Lipinski definition) is 0. The van der Waals surface area contributed by atoms with E-state index >= 15 is 0 Å². The summed E-state index contributed by atoms with van der Waals surface area (Å²) in [5.41, 5.74) is -0.418. The van der Waals surface area contributed by atoms with Gasteiger partial charge in [-0.15, -0.1) is 6.58 Å². The predicted molar refractivity (Wildman–Crippen MR) is 69.9 cm³/mol. The molecule has 1 saturated heterocycles. The van der Waals surface area contributed by atoms with Crippen molar-refractivity contribution in [2.45, 2.75) is 58.6 Å². The molecule has 0 N–H and O–H groups in total. The number of hydrogen-bond acceptors (Lipinski definition) is 2. The van der Waals surface area contributed by atoms with Crippen molar-refractivity contribution in [3.05, 3.63) is 12.7 Å². The largest absolute Gasteiger partial charge is 0.444 e. The Labute approximate surface area is 105 Å². The molecule has 1 aliphatic heterocycles. The maximum absolute atomic E-state index is 12.1. The molecule has 0 aliphatic carbocycles. The van der Waals surface area contributed by atoms with Crippen LogP contribution in [0, 0.1) is 5.92 Å². The molecule has 1 amide bonds. The number of carbonyl (C=O) groups is 1. The van der Waals surface area contributed by atoms with Gasteiger partial charge in [-0.1, -0.05) is 13.0 Å². The molecule has 0 aromatic carbocycles. The lowest BCUT2D eigenvalue weighted by Gasteiger charge is -2.38. The first-order valence-corrected chi connectivity index (χ1v) is 6.44. The third-order valence-corrected chi connectivity index (χ3v) is 3.04. The summed E-state index contributed by atoms with van der Waals surface area (Å²) in [7, 11) is 0. The van der Waals surface area contributed by atoms with Gasteiger partial charge in [-0.3, -0.25) is 0 Å². The van der Waals surface area contributed by atoms with E-state index in [4.69, 9.17) is 4.74 Å². The van der Waals surface area contributed by atoms with Crippen molar-refractivity contribution in [3.63, 3.8) is 0 Å². The average molecular weight is 239 g/mol. The molecule has 0 radical (unpaired) electrons. The van der Waals surface area contributed by atoms with Gasteiger partial charge in [-0.2, -0.15) is 0 Å². The van der Waals surface area contributed by atoms with E-state index in [9.17, 15) is 4.79 Å². The van der Waals surface area contributed by atoms with Gasteiger partial charge in [-0.05, 0) is 46.0 Å². The molecule has 0 aromatic rings. The summed E-state index contributed by atoms with van der Waals surface area (Å²) in [5.74, 6) is 0.679. The summed E-state index contributed by atoms with van der Waals surface area (Å²) in [6.07, 6.45) is 4.66. The Morgan fingerprint density at radius 1 is 1.53 bits per heavy atom. The molecule has 1 heterocycles. The van der Waals surface area contributed by atoms with E-state index in [0.717, 1.165) is 25.8 Å². The summed E-state index contributed by atoms with van der Waals surface area (Å²) in [6.45, 7) is 12.5. The van der Waals surface area contributed by atoms with Crippen LogP contribution in [0.5, 0.6) is 0 Å². The van der Waals surface area contributed by atoms with Gasteiger partial charge in [0.05, 0.1) is 0 Å². The van der Waals surface area contributed by atoms with Crippen LogP contribution in [0.15, 0.2) is 12.7 Å². The first-order chi connectivity index (χ1) is 7.83. The van der Waals surface area contributed by atoms with Gasteiger partial charge in [0, 0.05) is 12.6 Å². The van der Waals surface area contributed by atoms with E-state index in [2.05, 4.69) is 13.5 Å². The minimum absolute atomic E-state index is 0.184. The molecular formula is C14H25NO2. The van der Waals surface area contributed by atoms with Crippen molar-refractivity contribution in [1.29, 1.82) is 0 Å². The van der Waals surface area contributed by atoms with Gasteiger partial charge in [0.15, 0.2) is 0 Å². The van der Waals surface area contributed by atoms with Crippen LogP contribution in [-0.4, -0.2) is 29.2 Å². The Bertz CT molecular complexity index is 280. The van der Waals surface area contributed by atoms with Crippen molar-refractivity contribution in [1.82, 2.24) is 4.90 Å². The molecule has 0 spiro atoms. The highest BCUT2D eigenvalue weighted by Crippen LogP contribution is 2.26. The minimum atomic E-state index is -0.418. The summed E-state index contributed by atoms with van der Waals surface area (Å²) in [4.78, 5) is 13.9. The second kappa shape index (κ2) is 5.56. The quantitative estimate of drug-likeness (QED) is 0.689. The average Bonchev–Trinajstić information content (AvgIpc) is 2.15. The number of ether oxygens (including phenoxy) is 1. The number of rotatable bonds is 2. The Kier molecular flexibility index (Phi) is 4.61. The molecular weight excluding hydrogens is 214 g/mol. The summed E-state index contributed by atoms with van der Waals surface area (Å²) < 4.78 is 5.44. The third kappa shape index (κ3) is 4.41. The molecule has 17 heavy (non-hydrogen) atoms. The number of piperidine rings is 1. The Hall–Kier alpha value is -0.990. The number of nitrogens with zero attached hydrogens (tertiary/aromatic N) is 1. The van der Waals surface area contributed by atoms with Crippen LogP contribution in [-0.2, 0) is 4.74 Å². The normalized spacial score (nSPS) is 25.5. The zero-order valence-electron chi connectivity index (χ0n) is 11.5. The van der Waals surface area contributed by atoms with Crippen molar-refractivity contribution in [2.24, 2.45) is 5.92 Å². The highest BCUT2D eigenvalue weighted by atomic mass is 16.6. The van der Waals surface area contributed by atoms with Crippen LogP contribution in [0.4, 0.5) is 4.79 Å². The fourth-order valence-corrected chi connectivity index (χ4v) is 2.23. The van der Waals surface area contributed by atoms with Crippen LogP contribution in [0.25, 0.3) is 0 Å². The Morgan fingerprint density at radius 2 is 2.18 bits per heavy atom. The SMILES string of the molecule is C=CC[C@@H]1C[C@H](C)CCN1C(=O)OC(C)(C)C. The number of likely N-dealkylation sites (tertiary alicyclic amines) is 1. The fourth-order valence-electron chi connectivity index (χ4n) is 2.23. The topological polar surface area (TPSA) is 29.5 Å². The molecule has 0 aromatic heterocycles. The molecule has 3 heteroatoms. The van der Waals surface area contributed by atoms with Gasteiger partial charge < -0.3 is 9.64 Å². The standard InChI is InChI=1S/C14H25NO2/c1-6-7-12-10-11(2)8-9-15(12)13(16)17-14(3,4)5/h6,11-12H,1,7-10H2,2-5H3/t11-,12-/m1/s1. The fraction of sp³-hybridized carbons (Fsp3) is 0.786. The minimum Gasteiger partial charge on any atom is -0.444 e. The number of amides is 1. The monoisotopic (exact) mass is 239 g/mol. The highest BCUT2D eigenvalue weighted by molar-refractivity contribution is 5.68. The first-order valence-electron chi connectivity index (χ1n) is 6.44. The van der Waals surface area contributed by atoms with Crippen molar-refractivity contribution < 1.29 is 9.53 Å². The highest BCUT2D eigenvalue weighted by Gasteiger charge is 2.31. The maximum atomic E-state index is 12.1. The third-order valence-electron chi connectivity index (χ3n) is 3.04. The Balaban J connectivity index is 2.65. The van der Waals surface area contributed by atoms with Crippen LogP contribution in [0.1, 0.15) is 47.0 Å². The van der Waals surface area contributed by atoms with Gasteiger partial charge >= 0.3 is 6.09 Å². The van der Waals surface area contributed by atoms with E-state index < -0.39 is 5.60 Å². The molecule has 0 saturated carbocycles. The second-order valence-corrected chi connectivity index (χ2v) is 5.98. The van der Waals surface area contributed by atoms with Crippen LogP contribution < -0.4 is 0 Å². The van der Waals surface area contributed by atoms with E-state index in [0.29, 0.717) is 5.92 Å². The van der Waals surface area contributed by atoms with Gasteiger partial charge in [-0.25, -0.2) is 4.79 Å². The van der Waals surface area contributed by atoms with Crippen molar-refractivity contribution in [2.75, 3.05) is 6.54 Å². The van der Waals surface area contributed by atoms with Crippen molar-refractivity contribution in [3.8, 4) is 0 Å². The molecule has 1 rings (SSSR count). The van der Waals surface area contributed by atoms with E-state index in [1.54, 1.807) is 0 Å². The lowest BCUT2D eigenvalue weighted by atomic mass is 9.91. The lowest BCUT2D eigenvalue weighted by molar-refractivity contribution is 0.00599. The van der Waals surface area contributed by atoms with Gasteiger partial charge in [0.25, 0.3) is 0 Å². The van der Waals surface area contributed by atoms with Gasteiger partial charge in [0.1, 0.15) is 5.60 Å². The van der Waals surface area contributed by atoms with Crippen molar-refractivity contribution >= 4 is 6.09 Å². The van der Waals surface area contributed by atoms with E-state index in [1.807, 2.05) is 31.7 Å². The van der Waals surface area contributed by atoms with Crippen LogP contribution in [0.3, 0.4) is 0 Å². The summed E-state index contributed by atoms with van der Waals surface area (Å²) in [5, 5.41) is 0. The van der Waals surface area contributed by atoms with Gasteiger partial charge in [0.2, 0.25) is 0 Å². The summed E-state index contributed by atoms with van der Waals surface area (Å²) in [6, 6.07) is 0.256. The van der Waals surface area contributed by atoms with E-state index in [1.165, 1.54) is 0 Å². The van der Waals surface area contributed by atoms with Crippen LogP contribution >= 0.6 is 0 Å². The first kappa shape index (κ1) is 14.1. The maximum Gasteiger partial charge on any atom is 0.410 e. The number of carbonyl (C=O) groups excluding carboxylic acids is 1. The molecule has 3 nitrogen and oxygen atoms in total. The molecule has 1 fully saturated rings. The second-order valence-electron chi connectivity index (χ2n) is 5.98. The lowest BCUT2D eigenvalue weighted by Crippen LogP contribution is -2.47. The van der Waals surface area contributed by atoms with E-state index in [-0.39, 0.29) is 12.1 Å². The molecule has 98 valence electrons. The molecule has 2 atom stereocenters.